The largest absolute Gasteiger partial charge is 0.499 e. The maximum atomic E-state index is 12.3. The van der Waals surface area contributed by atoms with Gasteiger partial charge in [0.05, 0.1) is 11.5 Å². The summed E-state index contributed by atoms with van der Waals surface area (Å²) in [6.45, 7) is 2.02. The molecule has 0 N–H and O–H groups in total. The van der Waals surface area contributed by atoms with Crippen LogP contribution in [-0.2, 0) is 14.6 Å². The first-order valence-electron chi connectivity index (χ1n) is 6.05. The number of allylic oxidation sites excluding steroid dienone is 1. The molecule has 0 bridgehead atoms. The summed E-state index contributed by atoms with van der Waals surface area (Å²) in [6, 6.07) is 13.9. The molecule has 2 aromatic carbocycles. The van der Waals surface area contributed by atoms with Crippen molar-refractivity contribution in [3.63, 3.8) is 0 Å². The van der Waals surface area contributed by atoms with E-state index in [1.807, 2.05) is 24.3 Å². The van der Waals surface area contributed by atoms with Crippen LogP contribution in [0.1, 0.15) is 6.92 Å². The monoisotopic (exact) mass is 287 g/mol. The molecule has 2 rings (SSSR count). The predicted octanol–water partition coefficient (Wildman–Crippen LogP) is 3.01. The molecule has 5 heteroatoms. The summed E-state index contributed by atoms with van der Waals surface area (Å²) in [5.41, 5.74) is 0. The van der Waals surface area contributed by atoms with Gasteiger partial charge in [-0.3, -0.25) is 0 Å². The summed E-state index contributed by atoms with van der Waals surface area (Å²) < 4.78 is 29.6. The number of fused-ring (bicyclic) bond motifs is 1. The molecule has 0 spiro atoms. The van der Waals surface area contributed by atoms with Crippen molar-refractivity contribution in [2.24, 2.45) is 0 Å². The lowest BCUT2D eigenvalue weighted by molar-refractivity contribution is 0.268. The molecule has 0 fully saturated rings. The summed E-state index contributed by atoms with van der Waals surface area (Å²) in [5, 5.41) is 10.7. The summed E-state index contributed by atoms with van der Waals surface area (Å²) >= 11 is 0. The number of hydrogen-bond donors (Lipinski definition) is 0. The van der Waals surface area contributed by atoms with Gasteiger partial charge in [0.15, 0.2) is 4.91 Å². The van der Waals surface area contributed by atoms with Crippen molar-refractivity contribution in [3.05, 3.63) is 53.6 Å². The zero-order valence-electron chi connectivity index (χ0n) is 10.9. The van der Waals surface area contributed by atoms with E-state index in [0.717, 1.165) is 17.0 Å². The minimum Gasteiger partial charge on any atom is -0.499 e. The third-order valence-electron chi connectivity index (χ3n) is 2.79. The van der Waals surface area contributed by atoms with Crippen LogP contribution in [0.15, 0.2) is 58.5 Å². The van der Waals surface area contributed by atoms with Crippen molar-refractivity contribution in [1.29, 1.82) is 5.26 Å². The van der Waals surface area contributed by atoms with Crippen LogP contribution < -0.4 is 0 Å². The van der Waals surface area contributed by atoms with Crippen LogP contribution in [0.5, 0.6) is 0 Å². The number of rotatable bonds is 4. The molecule has 102 valence electrons. The van der Waals surface area contributed by atoms with Crippen LogP contribution in [-0.4, -0.2) is 15.0 Å². The molecule has 0 radical (unpaired) electrons. The fourth-order valence-electron chi connectivity index (χ4n) is 1.77. The highest BCUT2D eigenvalue weighted by molar-refractivity contribution is 7.95. The smallest absolute Gasteiger partial charge is 0.219 e. The Kier molecular flexibility index (Phi) is 4.06. The number of nitriles is 1. The second kappa shape index (κ2) is 5.76. The lowest BCUT2D eigenvalue weighted by Gasteiger charge is -2.05. The van der Waals surface area contributed by atoms with Crippen molar-refractivity contribution >= 4 is 20.6 Å². The van der Waals surface area contributed by atoms with Crippen LogP contribution in [0.3, 0.4) is 0 Å². The molecule has 0 saturated heterocycles. The molecule has 0 atom stereocenters. The Balaban J connectivity index is 2.54. The maximum absolute atomic E-state index is 12.3. The van der Waals surface area contributed by atoms with Gasteiger partial charge in [0.2, 0.25) is 9.84 Å². The summed E-state index contributed by atoms with van der Waals surface area (Å²) in [5.74, 6) is 0. The highest BCUT2D eigenvalue weighted by atomic mass is 32.2. The first kappa shape index (κ1) is 14.1. The van der Waals surface area contributed by atoms with Gasteiger partial charge in [-0.25, -0.2) is 8.42 Å². The molecule has 4 nitrogen and oxygen atoms in total. The molecule has 0 aliphatic heterocycles. The Bertz CT molecular complexity index is 801. The molecule has 0 aliphatic carbocycles. The van der Waals surface area contributed by atoms with Gasteiger partial charge in [0, 0.05) is 0 Å². The van der Waals surface area contributed by atoms with E-state index < -0.39 is 14.7 Å². The minimum absolute atomic E-state index is 0.0868. The predicted molar refractivity (Wildman–Crippen MR) is 76.5 cm³/mol. The van der Waals surface area contributed by atoms with Crippen LogP contribution in [0.25, 0.3) is 10.8 Å². The molecule has 0 saturated carbocycles. The van der Waals surface area contributed by atoms with Crippen LogP contribution in [0.4, 0.5) is 0 Å². The molecule has 2 aromatic rings. The Morgan fingerprint density at radius 3 is 2.60 bits per heavy atom. The van der Waals surface area contributed by atoms with Gasteiger partial charge in [0.1, 0.15) is 12.3 Å². The molecular weight excluding hydrogens is 274 g/mol. The molecule has 0 unspecified atom stereocenters. The van der Waals surface area contributed by atoms with Crippen LogP contribution in [0.2, 0.25) is 0 Å². The first-order valence-corrected chi connectivity index (χ1v) is 7.53. The van der Waals surface area contributed by atoms with Crippen molar-refractivity contribution in [2.45, 2.75) is 11.8 Å². The average molecular weight is 287 g/mol. The lowest BCUT2D eigenvalue weighted by Crippen LogP contribution is -2.04. The Morgan fingerprint density at radius 2 is 1.95 bits per heavy atom. The van der Waals surface area contributed by atoms with Gasteiger partial charge >= 0.3 is 0 Å². The number of ether oxygens (including phenoxy) is 1. The number of hydrogen-bond acceptors (Lipinski definition) is 4. The number of sulfone groups is 1. The second-order valence-electron chi connectivity index (χ2n) is 4.06. The van der Waals surface area contributed by atoms with Gasteiger partial charge in [-0.05, 0) is 29.8 Å². The summed E-state index contributed by atoms with van der Waals surface area (Å²) in [4.78, 5) is -0.307. The van der Waals surface area contributed by atoms with E-state index in [9.17, 15) is 8.42 Å². The van der Waals surface area contributed by atoms with E-state index >= 15 is 0 Å². The lowest BCUT2D eigenvalue weighted by atomic mass is 10.1. The standard InChI is InChI=1S/C15H13NO3S/c1-2-19-11-15(10-16)20(17,18)14-8-7-12-5-3-4-6-13(12)9-14/h3-9,11H,2H2,1H3/b15-11+. The molecule has 0 amide bonds. The van der Waals surface area contributed by atoms with Crippen molar-refractivity contribution in [3.8, 4) is 6.07 Å². The van der Waals surface area contributed by atoms with Crippen LogP contribution >= 0.6 is 0 Å². The van der Waals surface area contributed by atoms with Gasteiger partial charge in [0.25, 0.3) is 0 Å². The van der Waals surface area contributed by atoms with E-state index in [1.165, 1.54) is 6.07 Å². The van der Waals surface area contributed by atoms with E-state index in [1.54, 1.807) is 25.1 Å². The van der Waals surface area contributed by atoms with Gasteiger partial charge in [-0.15, -0.1) is 0 Å². The fraction of sp³-hybridized carbons (Fsp3) is 0.133. The summed E-state index contributed by atoms with van der Waals surface area (Å²) in [6.07, 6.45) is 0.991. The minimum atomic E-state index is -3.84. The SMILES string of the molecule is CCO/C=C(\C#N)S(=O)(=O)c1ccc2ccccc2c1. The van der Waals surface area contributed by atoms with Crippen LogP contribution in [0, 0.1) is 11.3 Å². The number of benzene rings is 2. The average Bonchev–Trinajstić information content (AvgIpc) is 2.47. The van der Waals surface area contributed by atoms with E-state index in [4.69, 9.17) is 10.00 Å². The normalized spacial score (nSPS) is 12.1. The zero-order valence-corrected chi connectivity index (χ0v) is 11.7. The Morgan fingerprint density at radius 1 is 1.25 bits per heavy atom. The highest BCUT2D eigenvalue weighted by Gasteiger charge is 2.21. The zero-order chi connectivity index (χ0) is 14.6. The topological polar surface area (TPSA) is 67.2 Å². The summed E-state index contributed by atoms with van der Waals surface area (Å²) in [7, 11) is -3.84. The third-order valence-corrected chi connectivity index (χ3v) is 4.43. The van der Waals surface area contributed by atoms with E-state index in [2.05, 4.69) is 0 Å². The van der Waals surface area contributed by atoms with E-state index in [-0.39, 0.29) is 4.90 Å². The van der Waals surface area contributed by atoms with E-state index in [0.29, 0.717) is 6.61 Å². The maximum Gasteiger partial charge on any atom is 0.219 e. The molecule has 0 aromatic heterocycles. The molecular formula is C15H13NO3S. The van der Waals surface area contributed by atoms with Crippen molar-refractivity contribution in [1.82, 2.24) is 0 Å². The first-order chi connectivity index (χ1) is 9.59. The number of nitrogens with zero attached hydrogens (tertiary/aromatic N) is 1. The third kappa shape index (κ3) is 2.65. The van der Waals surface area contributed by atoms with Gasteiger partial charge < -0.3 is 4.74 Å². The van der Waals surface area contributed by atoms with Gasteiger partial charge in [-0.1, -0.05) is 30.3 Å². The fourth-order valence-corrected chi connectivity index (χ4v) is 2.87. The molecule has 0 heterocycles. The molecule has 20 heavy (non-hydrogen) atoms. The molecule has 0 aliphatic rings. The quantitative estimate of drug-likeness (QED) is 0.640. The van der Waals surface area contributed by atoms with Crippen molar-refractivity contribution in [2.75, 3.05) is 6.61 Å². The Hall–Kier alpha value is -2.32. The Labute approximate surface area is 117 Å². The van der Waals surface area contributed by atoms with Crippen molar-refractivity contribution < 1.29 is 13.2 Å². The highest BCUT2D eigenvalue weighted by Crippen LogP contribution is 2.23. The second-order valence-corrected chi connectivity index (χ2v) is 5.98. The van der Waals surface area contributed by atoms with Gasteiger partial charge in [-0.2, -0.15) is 5.26 Å².